The van der Waals surface area contributed by atoms with Crippen LogP contribution < -0.4 is 0 Å². The maximum atomic E-state index is 10.3. The minimum absolute atomic E-state index is 0.282. The Labute approximate surface area is 68.8 Å². The molecule has 2 rings (SSSR count). The Bertz CT molecular complexity index is 172. The van der Waals surface area contributed by atoms with Crippen molar-refractivity contribution in [3.8, 4) is 0 Å². The first-order valence-corrected chi connectivity index (χ1v) is 4.81. The van der Waals surface area contributed by atoms with Crippen LogP contribution in [0, 0.1) is 11.3 Å². The minimum Gasteiger partial charge on any atom is -0.389 e. The van der Waals surface area contributed by atoms with Crippen molar-refractivity contribution in [2.45, 2.75) is 51.6 Å². The van der Waals surface area contributed by atoms with Crippen LogP contribution in [0.25, 0.3) is 0 Å². The van der Waals surface area contributed by atoms with E-state index in [4.69, 9.17) is 0 Å². The van der Waals surface area contributed by atoms with E-state index in [2.05, 4.69) is 13.8 Å². The van der Waals surface area contributed by atoms with E-state index in [9.17, 15) is 5.11 Å². The Kier molecular flexibility index (Phi) is 1.39. The minimum atomic E-state index is -0.286. The van der Waals surface area contributed by atoms with Crippen LogP contribution in [0.2, 0.25) is 0 Å². The van der Waals surface area contributed by atoms with E-state index in [-0.39, 0.29) is 11.0 Å². The van der Waals surface area contributed by atoms with Crippen molar-refractivity contribution in [3.63, 3.8) is 0 Å². The van der Waals surface area contributed by atoms with Gasteiger partial charge in [-0.3, -0.25) is 0 Å². The summed E-state index contributed by atoms with van der Waals surface area (Å²) < 4.78 is 0. The molecular weight excluding hydrogens is 136 g/mol. The van der Waals surface area contributed by atoms with Crippen molar-refractivity contribution in [1.29, 1.82) is 0 Å². The normalized spacial score (nSPS) is 47.7. The maximum Gasteiger partial charge on any atom is 0.0726 e. The third-order valence-corrected chi connectivity index (χ3v) is 4.28. The van der Waals surface area contributed by atoms with Crippen molar-refractivity contribution in [1.82, 2.24) is 0 Å². The lowest BCUT2D eigenvalue weighted by Gasteiger charge is -2.59. The number of hydrogen-bond acceptors (Lipinski definition) is 1. The number of aliphatic hydroxyl groups is 1. The Hall–Kier alpha value is -0.0400. The Morgan fingerprint density at radius 3 is 2.00 bits per heavy atom. The van der Waals surface area contributed by atoms with E-state index < -0.39 is 0 Å². The van der Waals surface area contributed by atoms with Gasteiger partial charge in [0, 0.05) is 0 Å². The van der Waals surface area contributed by atoms with Crippen molar-refractivity contribution in [2.24, 2.45) is 11.3 Å². The van der Waals surface area contributed by atoms with Crippen molar-refractivity contribution in [2.75, 3.05) is 0 Å². The van der Waals surface area contributed by atoms with Gasteiger partial charge in [-0.15, -0.1) is 0 Å². The molecule has 0 saturated heterocycles. The van der Waals surface area contributed by atoms with Crippen LogP contribution >= 0.6 is 0 Å². The third-order valence-electron chi connectivity index (χ3n) is 4.28. The molecule has 0 amide bonds. The van der Waals surface area contributed by atoms with Crippen molar-refractivity contribution < 1.29 is 5.11 Å². The van der Waals surface area contributed by atoms with Gasteiger partial charge in [0.15, 0.2) is 0 Å². The van der Waals surface area contributed by atoms with Crippen LogP contribution in [-0.4, -0.2) is 10.7 Å². The lowest BCUT2D eigenvalue weighted by molar-refractivity contribution is -0.201. The molecule has 1 nitrogen and oxygen atoms in total. The summed E-state index contributed by atoms with van der Waals surface area (Å²) in [5.74, 6) is 0.549. The lowest BCUT2D eigenvalue weighted by Crippen LogP contribution is -2.60. The molecule has 2 fully saturated rings. The first-order valence-electron chi connectivity index (χ1n) is 4.81. The highest BCUT2D eigenvalue weighted by Crippen LogP contribution is 2.59. The smallest absolute Gasteiger partial charge is 0.0726 e. The molecule has 0 spiro atoms. The molecule has 2 aliphatic rings. The fourth-order valence-electron chi connectivity index (χ4n) is 2.74. The number of hydrogen-bond donors (Lipinski definition) is 1. The molecule has 2 aliphatic carbocycles. The van der Waals surface area contributed by atoms with Gasteiger partial charge < -0.3 is 5.11 Å². The van der Waals surface area contributed by atoms with Gasteiger partial charge in [-0.05, 0) is 37.0 Å². The summed E-state index contributed by atoms with van der Waals surface area (Å²) in [5, 5.41) is 10.3. The summed E-state index contributed by atoms with van der Waals surface area (Å²) in [6.07, 6.45) is 6.09. The quantitative estimate of drug-likeness (QED) is 0.614. The molecule has 0 unspecified atom stereocenters. The summed E-state index contributed by atoms with van der Waals surface area (Å²) in [7, 11) is 0. The number of rotatable bonds is 1. The van der Waals surface area contributed by atoms with Gasteiger partial charge in [-0.2, -0.15) is 0 Å². The zero-order valence-corrected chi connectivity index (χ0v) is 7.56. The first-order chi connectivity index (χ1) is 5.08. The summed E-state index contributed by atoms with van der Waals surface area (Å²) in [6.45, 7) is 4.44. The van der Waals surface area contributed by atoms with Crippen LogP contribution in [0.15, 0.2) is 0 Å². The molecule has 64 valence electrons. The average Bonchev–Trinajstić information content (AvgIpc) is 1.95. The second-order valence-corrected chi connectivity index (χ2v) is 4.78. The van der Waals surface area contributed by atoms with Crippen molar-refractivity contribution >= 4 is 0 Å². The Balaban J connectivity index is 2.13. The molecule has 0 aromatic heterocycles. The van der Waals surface area contributed by atoms with Gasteiger partial charge >= 0.3 is 0 Å². The van der Waals surface area contributed by atoms with Gasteiger partial charge in [0.2, 0.25) is 0 Å². The van der Waals surface area contributed by atoms with E-state index in [1.165, 1.54) is 25.7 Å². The van der Waals surface area contributed by atoms with E-state index in [0.29, 0.717) is 5.92 Å². The van der Waals surface area contributed by atoms with Gasteiger partial charge in [-0.25, -0.2) is 0 Å². The SMILES string of the molecule is C[C@H]1CC[C@]1(O)C1(C)CCC1. The van der Waals surface area contributed by atoms with E-state index in [1.807, 2.05) is 0 Å². The van der Waals surface area contributed by atoms with Crippen LogP contribution in [0.4, 0.5) is 0 Å². The molecule has 0 aromatic rings. The predicted molar refractivity (Wildman–Crippen MR) is 45.3 cm³/mol. The van der Waals surface area contributed by atoms with Crippen LogP contribution in [0.3, 0.4) is 0 Å². The Morgan fingerprint density at radius 2 is 1.91 bits per heavy atom. The fraction of sp³-hybridized carbons (Fsp3) is 1.00. The second-order valence-electron chi connectivity index (χ2n) is 4.78. The van der Waals surface area contributed by atoms with Gasteiger partial charge in [0.05, 0.1) is 5.60 Å². The van der Waals surface area contributed by atoms with Gasteiger partial charge in [-0.1, -0.05) is 20.3 Å². The largest absolute Gasteiger partial charge is 0.389 e. The highest BCUT2D eigenvalue weighted by Gasteiger charge is 2.57. The highest BCUT2D eigenvalue weighted by atomic mass is 16.3. The van der Waals surface area contributed by atoms with Gasteiger partial charge in [0.25, 0.3) is 0 Å². The average molecular weight is 154 g/mol. The van der Waals surface area contributed by atoms with Crippen molar-refractivity contribution in [3.05, 3.63) is 0 Å². The molecule has 0 heterocycles. The molecule has 1 heteroatoms. The van der Waals surface area contributed by atoms with Crippen LogP contribution in [0.1, 0.15) is 46.0 Å². The molecule has 1 N–H and O–H groups in total. The third kappa shape index (κ3) is 0.752. The summed E-state index contributed by atoms with van der Waals surface area (Å²) in [6, 6.07) is 0. The van der Waals surface area contributed by atoms with Gasteiger partial charge in [0.1, 0.15) is 0 Å². The standard InChI is InChI=1S/C10H18O/c1-8-4-7-10(8,11)9(2)5-3-6-9/h8,11H,3-7H2,1-2H3/t8-,10+/m0/s1. The maximum absolute atomic E-state index is 10.3. The molecular formula is C10H18O. The Morgan fingerprint density at radius 1 is 1.27 bits per heavy atom. The lowest BCUT2D eigenvalue weighted by atomic mass is 9.49. The molecule has 2 atom stereocenters. The van der Waals surface area contributed by atoms with E-state index in [1.54, 1.807) is 0 Å². The monoisotopic (exact) mass is 154 g/mol. The van der Waals surface area contributed by atoms with Crippen LogP contribution in [0.5, 0.6) is 0 Å². The molecule has 2 saturated carbocycles. The molecule has 0 bridgehead atoms. The van der Waals surface area contributed by atoms with E-state index >= 15 is 0 Å². The zero-order chi connectivity index (χ0) is 8.11. The van der Waals surface area contributed by atoms with Crippen LogP contribution in [-0.2, 0) is 0 Å². The summed E-state index contributed by atoms with van der Waals surface area (Å²) in [5.41, 5.74) is -0.00405. The predicted octanol–water partition coefficient (Wildman–Crippen LogP) is 2.34. The summed E-state index contributed by atoms with van der Waals surface area (Å²) >= 11 is 0. The van der Waals surface area contributed by atoms with E-state index in [0.717, 1.165) is 6.42 Å². The fourth-order valence-corrected chi connectivity index (χ4v) is 2.74. The molecule has 0 aliphatic heterocycles. The highest BCUT2D eigenvalue weighted by molar-refractivity contribution is 5.08. The molecule has 0 radical (unpaired) electrons. The topological polar surface area (TPSA) is 20.2 Å². The zero-order valence-electron chi connectivity index (χ0n) is 7.56. The molecule has 11 heavy (non-hydrogen) atoms. The second kappa shape index (κ2) is 2.01. The first kappa shape index (κ1) is 7.60. The summed E-state index contributed by atoms with van der Waals surface area (Å²) in [4.78, 5) is 0. The molecule has 0 aromatic carbocycles.